The van der Waals surface area contributed by atoms with E-state index >= 15 is 4.39 Å². The summed E-state index contributed by atoms with van der Waals surface area (Å²) in [6.07, 6.45) is 0.765. The molecule has 11 heteroatoms. The molecule has 2 aromatic carbocycles. The lowest BCUT2D eigenvalue weighted by Crippen LogP contribution is -2.38. The molecule has 0 atom stereocenters. The Morgan fingerprint density at radius 3 is 2.39 bits per heavy atom. The van der Waals surface area contributed by atoms with Crippen LogP contribution in [0.3, 0.4) is 0 Å². The third-order valence-corrected chi connectivity index (χ3v) is 6.73. The van der Waals surface area contributed by atoms with Gasteiger partial charge >= 0.3 is 0 Å². The van der Waals surface area contributed by atoms with Gasteiger partial charge in [0.05, 0.1) is 16.6 Å². The van der Waals surface area contributed by atoms with E-state index in [1.165, 1.54) is 23.7 Å². The summed E-state index contributed by atoms with van der Waals surface area (Å²) in [4.78, 5) is 29.2. The molecule has 3 aromatic rings. The summed E-state index contributed by atoms with van der Waals surface area (Å²) in [7, 11) is 1.54. The first-order valence-electron chi connectivity index (χ1n) is 12.5. The largest absolute Gasteiger partial charge is 0.351 e. The van der Waals surface area contributed by atoms with Crippen molar-refractivity contribution in [1.82, 2.24) is 20.2 Å². The zero-order chi connectivity index (χ0) is 27.8. The number of carbonyl (C=O) groups is 2. The lowest BCUT2D eigenvalue weighted by molar-refractivity contribution is -0.128. The number of hydrogen-bond donors (Lipinski definition) is 3. The van der Waals surface area contributed by atoms with Crippen molar-refractivity contribution < 1.29 is 27.2 Å². The van der Waals surface area contributed by atoms with Gasteiger partial charge in [0.2, 0.25) is 11.9 Å². The van der Waals surface area contributed by atoms with Crippen LogP contribution in [0.2, 0.25) is 0 Å². The Bertz CT molecular complexity index is 1370. The number of rotatable bonds is 6. The fourth-order valence-electron chi connectivity index (χ4n) is 4.36. The molecule has 0 spiro atoms. The number of hydrogen-bond acceptors (Lipinski definition) is 4. The van der Waals surface area contributed by atoms with E-state index < -0.39 is 40.6 Å². The fraction of sp³-hybridized carbons (Fsp3) is 0.444. The predicted octanol–water partition coefficient (Wildman–Crippen LogP) is 5.41. The maximum absolute atomic E-state index is 15.2. The second-order valence-electron chi connectivity index (χ2n) is 10.7. The van der Waals surface area contributed by atoms with Crippen LogP contribution in [-0.2, 0) is 18.4 Å². The van der Waals surface area contributed by atoms with Gasteiger partial charge in [-0.2, -0.15) is 0 Å². The highest BCUT2D eigenvalue weighted by molar-refractivity contribution is 5.98. The van der Waals surface area contributed by atoms with Crippen molar-refractivity contribution in [3.05, 3.63) is 52.8 Å². The van der Waals surface area contributed by atoms with Gasteiger partial charge in [-0.05, 0) is 37.8 Å². The summed E-state index contributed by atoms with van der Waals surface area (Å²) in [6, 6.07) is 4.49. The molecule has 0 bridgehead atoms. The highest BCUT2D eigenvalue weighted by Crippen LogP contribution is 2.29. The molecule has 0 saturated heterocycles. The molecule has 1 aliphatic carbocycles. The Hall–Kier alpha value is -3.63. The monoisotopic (exact) mass is 533 g/mol. The Morgan fingerprint density at radius 2 is 1.74 bits per heavy atom. The van der Waals surface area contributed by atoms with Crippen LogP contribution in [0.15, 0.2) is 24.3 Å². The van der Waals surface area contributed by atoms with Gasteiger partial charge in [0.25, 0.3) is 5.91 Å². The topological polar surface area (TPSA) is 88.1 Å². The number of fused-ring (bicyclic) bond motifs is 1. The van der Waals surface area contributed by atoms with Gasteiger partial charge in [0.1, 0.15) is 23.5 Å². The molecule has 1 heterocycles. The first kappa shape index (κ1) is 27.4. The van der Waals surface area contributed by atoms with E-state index in [9.17, 15) is 22.8 Å². The number of carbonyl (C=O) groups excluding carboxylic acids is 2. The summed E-state index contributed by atoms with van der Waals surface area (Å²) in [6.45, 7) is 5.01. The predicted molar refractivity (Wildman–Crippen MR) is 136 cm³/mol. The number of anilines is 2. The SMILES string of the molecule is Cn1c(Nc2c(F)ccc(CNC(=O)C(C)(C)C)c2F)nc2cc(C(=O)NC3CCC(F)CC3)c(F)cc21. The number of amides is 2. The number of aromatic nitrogens is 2. The van der Waals surface area contributed by atoms with E-state index in [0.29, 0.717) is 31.2 Å². The van der Waals surface area contributed by atoms with Gasteiger partial charge in [-0.1, -0.05) is 26.8 Å². The standard InChI is InChI=1S/C27H31F4N5O2/c1-27(2,3)25(38)32-13-14-5-10-18(29)23(22(14)31)35-26-34-20-11-17(19(30)12-21(20)36(26)4)24(37)33-16-8-6-15(28)7-9-16/h5,10-12,15-16H,6-9,13H2,1-4H3,(H,32,38)(H,33,37)(H,34,35). The number of imidazole rings is 1. The maximum Gasteiger partial charge on any atom is 0.254 e. The van der Waals surface area contributed by atoms with Crippen molar-refractivity contribution in [3.8, 4) is 0 Å². The average Bonchev–Trinajstić information content (AvgIpc) is 3.15. The van der Waals surface area contributed by atoms with Gasteiger partial charge in [-0.3, -0.25) is 9.59 Å². The Morgan fingerprint density at radius 1 is 1.05 bits per heavy atom. The Kier molecular flexibility index (Phi) is 7.66. The lowest BCUT2D eigenvalue weighted by atomic mass is 9.94. The molecule has 1 saturated carbocycles. The third kappa shape index (κ3) is 5.76. The third-order valence-electron chi connectivity index (χ3n) is 6.73. The normalized spacial score (nSPS) is 17.9. The molecule has 0 unspecified atom stereocenters. The van der Waals surface area contributed by atoms with Crippen LogP contribution >= 0.6 is 0 Å². The lowest BCUT2D eigenvalue weighted by Gasteiger charge is -2.25. The van der Waals surface area contributed by atoms with E-state index in [1.54, 1.807) is 20.8 Å². The molecular weight excluding hydrogens is 502 g/mol. The molecule has 0 radical (unpaired) electrons. The first-order valence-corrected chi connectivity index (χ1v) is 12.5. The van der Waals surface area contributed by atoms with Gasteiger partial charge in [-0.15, -0.1) is 0 Å². The van der Waals surface area contributed by atoms with Gasteiger partial charge < -0.3 is 20.5 Å². The van der Waals surface area contributed by atoms with Crippen molar-refractivity contribution in [2.24, 2.45) is 12.5 Å². The Labute approximate surface area is 218 Å². The number of halogens is 4. The molecular formula is C27H31F4N5O2. The second-order valence-corrected chi connectivity index (χ2v) is 10.7. The number of benzene rings is 2. The molecule has 204 valence electrons. The fourth-order valence-corrected chi connectivity index (χ4v) is 4.36. The smallest absolute Gasteiger partial charge is 0.254 e. The zero-order valence-electron chi connectivity index (χ0n) is 21.7. The minimum atomic E-state index is -0.902. The zero-order valence-corrected chi connectivity index (χ0v) is 21.7. The van der Waals surface area contributed by atoms with Crippen molar-refractivity contribution in [3.63, 3.8) is 0 Å². The van der Waals surface area contributed by atoms with Crippen LogP contribution in [-0.4, -0.2) is 33.6 Å². The van der Waals surface area contributed by atoms with E-state index in [2.05, 4.69) is 20.9 Å². The van der Waals surface area contributed by atoms with Crippen molar-refractivity contribution in [2.75, 3.05) is 5.32 Å². The molecule has 1 fully saturated rings. The van der Waals surface area contributed by atoms with Gasteiger partial charge in [0, 0.05) is 36.7 Å². The van der Waals surface area contributed by atoms with E-state index in [-0.39, 0.29) is 41.1 Å². The summed E-state index contributed by atoms with van der Waals surface area (Å²) in [5.74, 6) is -3.46. The van der Waals surface area contributed by atoms with Gasteiger partial charge in [-0.25, -0.2) is 22.5 Å². The average molecular weight is 534 g/mol. The number of nitrogens with zero attached hydrogens (tertiary/aromatic N) is 2. The minimum absolute atomic E-state index is 0.0203. The molecule has 0 aliphatic heterocycles. The van der Waals surface area contributed by atoms with Crippen LogP contribution in [0, 0.1) is 22.9 Å². The maximum atomic E-state index is 15.2. The molecule has 1 aromatic heterocycles. The summed E-state index contributed by atoms with van der Waals surface area (Å²) in [5, 5.41) is 8.00. The highest BCUT2D eigenvalue weighted by Gasteiger charge is 2.25. The quantitative estimate of drug-likeness (QED) is 0.370. The van der Waals surface area contributed by atoms with E-state index in [0.717, 1.165) is 12.1 Å². The summed E-state index contributed by atoms with van der Waals surface area (Å²) < 4.78 is 59.5. The number of alkyl halides is 1. The van der Waals surface area contributed by atoms with Gasteiger partial charge in [0.15, 0.2) is 5.82 Å². The first-order chi connectivity index (χ1) is 17.8. The molecule has 4 rings (SSSR count). The second kappa shape index (κ2) is 10.6. The summed E-state index contributed by atoms with van der Waals surface area (Å²) in [5.41, 5.74) is -0.774. The van der Waals surface area contributed by atoms with Crippen molar-refractivity contribution >= 4 is 34.5 Å². The van der Waals surface area contributed by atoms with Crippen LogP contribution in [0.5, 0.6) is 0 Å². The van der Waals surface area contributed by atoms with Crippen LogP contribution in [0.4, 0.5) is 29.2 Å². The van der Waals surface area contributed by atoms with Crippen molar-refractivity contribution in [1.29, 1.82) is 0 Å². The van der Waals surface area contributed by atoms with Crippen LogP contribution in [0.1, 0.15) is 62.4 Å². The van der Waals surface area contributed by atoms with Crippen molar-refractivity contribution in [2.45, 2.75) is 65.2 Å². The van der Waals surface area contributed by atoms with E-state index in [1.807, 2.05) is 0 Å². The molecule has 1 aliphatic rings. The van der Waals surface area contributed by atoms with Crippen LogP contribution < -0.4 is 16.0 Å². The Balaban J connectivity index is 1.57. The summed E-state index contributed by atoms with van der Waals surface area (Å²) >= 11 is 0. The number of nitrogens with one attached hydrogen (secondary N) is 3. The molecule has 38 heavy (non-hydrogen) atoms. The highest BCUT2D eigenvalue weighted by atomic mass is 19.1. The number of aryl methyl sites for hydroxylation is 1. The minimum Gasteiger partial charge on any atom is -0.351 e. The molecule has 2 amide bonds. The van der Waals surface area contributed by atoms with Crippen LogP contribution in [0.25, 0.3) is 11.0 Å². The molecule has 7 nitrogen and oxygen atoms in total. The van der Waals surface area contributed by atoms with E-state index in [4.69, 9.17) is 0 Å². The molecule has 3 N–H and O–H groups in total.